The number of hydrogen-bond donors (Lipinski definition) is 2. The van der Waals surface area contributed by atoms with E-state index in [1.165, 1.54) is 0 Å². The molecule has 0 saturated heterocycles. The second-order valence-corrected chi connectivity index (χ2v) is 4.62. The van der Waals surface area contributed by atoms with Crippen molar-refractivity contribution in [3.63, 3.8) is 0 Å². The van der Waals surface area contributed by atoms with E-state index in [1.54, 1.807) is 0 Å². The van der Waals surface area contributed by atoms with Gasteiger partial charge in [-0.3, -0.25) is 0 Å². The fraction of sp³-hybridized carbons (Fsp3) is 0.462. The third kappa shape index (κ3) is 4.20. The number of carbonyl (C=O) groups excluding carboxylic acids is 1. The minimum absolute atomic E-state index is 0. The second-order valence-electron chi connectivity index (χ2n) is 4.62. The first-order chi connectivity index (χ1) is 8.24. The van der Waals surface area contributed by atoms with Gasteiger partial charge in [-0.1, -0.05) is 30.3 Å². The molecule has 1 fully saturated rings. The number of rotatable bonds is 5. The van der Waals surface area contributed by atoms with Crippen molar-refractivity contribution in [2.45, 2.75) is 19.4 Å². The number of nitrogens with two attached hydrogens (primary N) is 1. The van der Waals surface area contributed by atoms with E-state index in [9.17, 15) is 4.79 Å². The van der Waals surface area contributed by atoms with Gasteiger partial charge in [-0.2, -0.15) is 0 Å². The third-order valence-electron chi connectivity index (χ3n) is 3.21. The summed E-state index contributed by atoms with van der Waals surface area (Å²) >= 11 is 0. The van der Waals surface area contributed by atoms with Crippen LogP contribution in [0.15, 0.2) is 30.3 Å². The Bertz CT molecular complexity index is 380. The predicted molar refractivity (Wildman–Crippen MR) is 72.6 cm³/mol. The zero-order valence-electron chi connectivity index (χ0n) is 10.2. The van der Waals surface area contributed by atoms with Crippen LogP contribution in [0.5, 0.6) is 0 Å². The molecule has 0 aliphatic heterocycles. The number of alkyl carbamates (subject to hydrolysis) is 1. The highest BCUT2D eigenvalue weighted by atomic mass is 35.5. The van der Waals surface area contributed by atoms with Crippen LogP contribution in [0.4, 0.5) is 4.79 Å². The average Bonchev–Trinajstić information content (AvgIpc) is 3.16. The predicted octanol–water partition coefficient (Wildman–Crippen LogP) is 2.07. The lowest BCUT2D eigenvalue weighted by atomic mass is 10.1. The van der Waals surface area contributed by atoms with Crippen molar-refractivity contribution < 1.29 is 9.53 Å². The fourth-order valence-electron chi connectivity index (χ4n) is 1.66. The lowest BCUT2D eigenvalue weighted by Gasteiger charge is -2.13. The molecule has 1 aliphatic carbocycles. The van der Waals surface area contributed by atoms with Crippen LogP contribution in [0.25, 0.3) is 0 Å². The van der Waals surface area contributed by atoms with Gasteiger partial charge < -0.3 is 15.8 Å². The smallest absolute Gasteiger partial charge is 0.407 e. The highest BCUT2D eigenvalue weighted by molar-refractivity contribution is 5.85. The molecular weight excluding hydrogens is 252 g/mol. The molecule has 0 heterocycles. The average molecular weight is 271 g/mol. The SMILES string of the molecule is Cl.NCC1(CNC(=O)OCc2ccccc2)CC1. The van der Waals surface area contributed by atoms with Gasteiger partial charge in [0.25, 0.3) is 0 Å². The van der Waals surface area contributed by atoms with E-state index >= 15 is 0 Å². The topological polar surface area (TPSA) is 64.3 Å². The second kappa shape index (κ2) is 6.61. The van der Waals surface area contributed by atoms with E-state index in [1.807, 2.05) is 30.3 Å². The Balaban J connectivity index is 0.00000162. The molecule has 0 atom stereocenters. The summed E-state index contributed by atoms with van der Waals surface area (Å²) in [6.07, 6.45) is 1.83. The van der Waals surface area contributed by atoms with Crippen molar-refractivity contribution >= 4 is 18.5 Å². The largest absolute Gasteiger partial charge is 0.445 e. The van der Waals surface area contributed by atoms with Crippen LogP contribution in [0, 0.1) is 5.41 Å². The van der Waals surface area contributed by atoms with Gasteiger partial charge in [-0.05, 0) is 24.9 Å². The summed E-state index contributed by atoms with van der Waals surface area (Å²) in [6.45, 7) is 1.56. The highest BCUT2D eigenvalue weighted by Gasteiger charge is 2.41. The van der Waals surface area contributed by atoms with E-state index in [0.717, 1.165) is 18.4 Å². The van der Waals surface area contributed by atoms with Crippen LogP contribution in [0.3, 0.4) is 0 Å². The molecule has 0 aromatic heterocycles. The minimum Gasteiger partial charge on any atom is -0.445 e. The standard InChI is InChI=1S/C13H18N2O2.ClH/c14-9-13(6-7-13)10-15-12(16)17-8-11-4-2-1-3-5-11;/h1-5H,6-10,14H2,(H,15,16);1H. The molecule has 2 rings (SSSR count). The number of halogens is 1. The minimum atomic E-state index is -0.367. The van der Waals surface area contributed by atoms with Gasteiger partial charge in [0, 0.05) is 12.0 Å². The summed E-state index contributed by atoms with van der Waals surface area (Å²) < 4.78 is 5.10. The van der Waals surface area contributed by atoms with Crippen LogP contribution in [0.1, 0.15) is 18.4 Å². The lowest BCUT2D eigenvalue weighted by Crippen LogP contribution is -2.34. The van der Waals surface area contributed by atoms with E-state index < -0.39 is 0 Å². The van der Waals surface area contributed by atoms with Crippen molar-refractivity contribution in [3.05, 3.63) is 35.9 Å². The normalized spacial score (nSPS) is 15.4. The molecule has 0 bridgehead atoms. The maximum absolute atomic E-state index is 11.4. The van der Waals surface area contributed by atoms with Gasteiger partial charge in [-0.25, -0.2) is 4.79 Å². The summed E-state index contributed by atoms with van der Waals surface area (Å²) in [7, 11) is 0. The van der Waals surface area contributed by atoms with Gasteiger partial charge in [-0.15, -0.1) is 12.4 Å². The molecule has 1 aromatic carbocycles. The molecule has 0 radical (unpaired) electrons. The number of carbonyl (C=O) groups is 1. The molecule has 0 spiro atoms. The number of ether oxygens (including phenoxy) is 1. The molecule has 18 heavy (non-hydrogen) atoms. The summed E-state index contributed by atoms with van der Waals surface area (Å²) in [5.41, 5.74) is 6.76. The molecule has 1 amide bonds. The van der Waals surface area contributed by atoms with Crippen molar-refractivity contribution in [1.29, 1.82) is 0 Å². The first kappa shape index (κ1) is 14.8. The molecule has 3 N–H and O–H groups in total. The van der Waals surface area contributed by atoms with Gasteiger partial charge in [0.15, 0.2) is 0 Å². The Morgan fingerprint density at radius 1 is 1.33 bits per heavy atom. The Morgan fingerprint density at radius 2 is 2.00 bits per heavy atom. The zero-order chi connectivity index (χ0) is 12.1. The Hall–Kier alpha value is -1.26. The number of nitrogens with one attached hydrogen (secondary N) is 1. The number of hydrogen-bond acceptors (Lipinski definition) is 3. The van der Waals surface area contributed by atoms with Crippen molar-refractivity contribution in [2.75, 3.05) is 13.1 Å². The molecule has 100 valence electrons. The first-order valence-corrected chi connectivity index (χ1v) is 5.89. The van der Waals surface area contributed by atoms with E-state index in [4.69, 9.17) is 10.5 Å². The van der Waals surface area contributed by atoms with Crippen molar-refractivity contribution in [1.82, 2.24) is 5.32 Å². The molecule has 0 unspecified atom stereocenters. The van der Waals surface area contributed by atoms with Gasteiger partial charge >= 0.3 is 6.09 Å². The van der Waals surface area contributed by atoms with E-state index in [0.29, 0.717) is 19.7 Å². The van der Waals surface area contributed by atoms with Crippen molar-refractivity contribution in [3.8, 4) is 0 Å². The molecule has 1 saturated carbocycles. The summed E-state index contributed by atoms with van der Waals surface area (Å²) in [5, 5.41) is 2.77. The summed E-state index contributed by atoms with van der Waals surface area (Å²) in [4.78, 5) is 11.4. The van der Waals surface area contributed by atoms with Gasteiger partial charge in [0.05, 0.1) is 0 Å². The lowest BCUT2D eigenvalue weighted by molar-refractivity contribution is 0.137. The molecule has 1 aromatic rings. The van der Waals surface area contributed by atoms with Crippen LogP contribution in [-0.2, 0) is 11.3 Å². The number of benzene rings is 1. The first-order valence-electron chi connectivity index (χ1n) is 5.89. The zero-order valence-corrected chi connectivity index (χ0v) is 11.0. The third-order valence-corrected chi connectivity index (χ3v) is 3.21. The highest BCUT2D eigenvalue weighted by Crippen LogP contribution is 2.43. The van der Waals surface area contributed by atoms with E-state index in [-0.39, 0.29) is 23.9 Å². The van der Waals surface area contributed by atoms with Crippen LogP contribution in [0.2, 0.25) is 0 Å². The maximum Gasteiger partial charge on any atom is 0.407 e. The van der Waals surface area contributed by atoms with E-state index in [2.05, 4.69) is 5.32 Å². The van der Waals surface area contributed by atoms with Crippen LogP contribution in [-0.4, -0.2) is 19.2 Å². The number of amides is 1. The van der Waals surface area contributed by atoms with Crippen molar-refractivity contribution in [2.24, 2.45) is 11.1 Å². The molecule has 5 heteroatoms. The maximum atomic E-state index is 11.4. The quantitative estimate of drug-likeness (QED) is 0.861. The monoisotopic (exact) mass is 270 g/mol. The molecule has 1 aliphatic rings. The summed E-state index contributed by atoms with van der Waals surface area (Å²) in [6, 6.07) is 9.63. The fourth-order valence-corrected chi connectivity index (χ4v) is 1.66. The van der Waals surface area contributed by atoms with Crippen LogP contribution >= 0.6 is 12.4 Å². The Morgan fingerprint density at radius 3 is 2.56 bits per heavy atom. The van der Waals surface area contributed by atoms with Crippen LogP contribution < -0.4 is 11.1 Å². The molecular formula is C13H19ClN2O2. The Labute approximate surface area is 113 Å². The van der Waals surface area contributed by atoms with Gasteiger partial charge in [0.2, 0.25) is 0 Å². The van der Waals surface area contributed by atoms with Gasteiger partial charge in [0.1, 0.15) is 6.61 Å². The summed E-state index contributed by atoms with van der Waals surface area (Å²) in [5.74, 6) is 0. The Kier molecular flexibility index (Phi) is 5.44. The molecule has 4 nitrogen and oxygen atoms in total.